The van der Waals surface area contributed by atoms with Gasteiger partial charge in [0.2, 0.25) is 0 Å². The van der Waals surface area contributed by atoms with Crippen LogP contribution in [0.2, 0.25) is 0 Å². The summed E-state index contributed by atoms with van der Waals surface area (Å²) in [5.74, 6) is -0.633. The van der Waals surface area contributed by atoms with Gasteiger partial charge in [-0.25, -0.2) is 0 Å². The van der Waals surface area contributed by atoms with Crippen LogP contribution in [-0.2, 0) is 16.1 Å². The van der Waals surface area contributed by atoms with Gasteiger partial charge in [0.05, 0.1) is 17.7 Å². The van der Waals surface area contributed by atoms with E-state index in [0.29, 0.717) is 22.3 Å². The van der Waals surface area contributed by atoms with Gasteiger partial charge in [-0.15, -0.1) is 0 Å². The molecule has 0 saturated carbocycles. The van der Waals surface area contributed by atoms with Crippen LogP contribution in [0, 0.1) is 0 Å². The number of amides is 2. The van der Waals surface area contributed by atoms with Crippen LogP contribution in [0.25, 0.3) is 34.2 Å². The molecule has 2 N–H and O–H groups in total. The van der Waals surface area contributed by atoms with Crippen molar-refractivity contribution in [2.24, 2.45) is 0 Å². The molecule has 5 heteroatoms. The summed E-state index contributed by atoms with van der Waals surface area (Å²) in [5, 5.41) is 0.891. The van der Waals surface area contributed by atoms with E-state index in [9.17, 15) is 9.59 Å². The average molecular weight is 419 g/mol. The van der Waals surface area contributed by atoms with E-state index in [1.807, 2.05) is 54.6 Å². The fraction of sp³-hybridized carbons (Fsp3) is 0.0370. The number of imide groups is 1. The molecule has 0 aliphatic carbocycles. The molecule has 0 bridgehead atoms. The summed E-state index contributed by atoms with van der Waals surface area (Å²) >= 11 is 0. The van der Waals surface area contributed by atoms with Crippen LogP contribution in [0.5, 0.6) is 0 Å². The molecule has 0 fully saturated rings. The van der Waals surface area contributed by atoms with E-state index in [4.69, 9.17) is 0 Å². The summed E-state index contributed by atoms with van der Waals surface area (Å²) in [5.41, 5.74) is 5.40. The molecule has 2 aromatic heterocycles. The lowest BCUT2D eigenvalue weighted by Gasteiger charge is -2.15. The molecule has 156 valence electrons. The molecule has 0 unspecified atom stereocenters. The molecule has 0 spiro atoms. The second kappa shape index (κ2) is 7.71. The minimum absolute atomic E-state index is 0.204. The van der Waals surface area contributed by atoms with Crippen molar-refractivity contribution in [3.05, 3.63) is 108 Å². The number of fused-ring (bicyclic) bond motifs is 1. The highest BCUT2D eigenvalue weighted by atomic mass is 16.2. The van der Waals surface area contributed by atoms with Gasteiger partial charge < -0.3 is 9.97 Å². The number of carbonyl (C=O) groups is 2. The van der Waals surface area contributed by atoms with Crippen LogP contribution >= 0.6 is 0 Å². The Morgan fingerprint density at radius 1 is 0.781 bits per heavy atom. The van der Waals surface area contributed by atoms with Gasteiger partial charge in [-0.2, -0.15) is 0 Å². The Bertz CT molecular complexity index is 1420. The first kappa shape index (κ1) is 19.6. The van der Waals surface area contributed by atoms with E-state index in [2.05, 4.69) is 23.1 Å². The van der Waals surface area contributed by atoms with E-state index < -0.39 is 0 Å². The van der Waals surface area contributed by atoms with Gasteiger partial charge in [0, 0.05) is 45.7 Å². The molecule has 32 heavy (non-hydrogen) atoms. The van der Waals surface area contributed by atoms with E-state index in [1.54, 1.807) is 24.5 Å². The van der Waals surface area contributed by atoms with Crippen LogP contribution in [0.15, 0.2) is 80.1 Å². The highest BCUT2D eigenvalue weighted by Gasteiger charge is 2.41. The Morgan fingerprint density at radius 2 is 1.44 bits per heavy atom. The largest absolute Gasteiger partial charge is 0.361 e. The van der Waals surface area contributed by atoms with Crippen molar-refractivity contribution < 1.29 is 9.59 Å². The third kappa shape index (κ3) is 2.94. The number of carbonyl (C=O) groups excluding carboxylic acids is 2. The number of rotatable bonds is 6. The quantitative estimate of drug-likeness (QED) is 0.419. The van der Waals surface area contributed by atoms with Gasteiger partial charge in [0.15, 0.2) is 0 Å². The standard InChI is InChI=1S/C27H21N3O2/c1-3-18-20(14-28-22(18)4-2)24-25(21-15-29-23-13-9-8-12-19(21)23)27(32)30(26(24)31)16-17-10-6-5-7-11-17/h3-15,28-29H,1-2,16H2. The smallest absolute Gasteiger partial charge is 0.262 e. The minimum atomic E-state index is -0.322. The minimum Gasteiger partial charge on any atom is -0.361 e. The van der Waals surface area contributed by atoms with Gasteiger partial charge in [-0.1, -0.05) is 67.8 Å². The summed E-state index contributed by atoms with van der Waals surface area (Å²) < 4.78 is 0. The third-order valence-corrected chi connectivity index (χ3v) is 5.84. The highest BCUT2D eigenvalue weighted by molar-refractivity contribution is 6.50. The fourth-order valence-corrected chi connectivity index (χ4v) is 4.31. The maximum atomic E-state index is 13.7. The first-order valence-corrected chi connectivity index (χ1v) is 10.3. The number of H-pyrrole nitrogens is 2. The van der Waals surface area contributed by atoms with Crippen molar-refractivity contribution in [1.29, 1.82) is 0 Å². The second-order valence-electron chi connectivity index (χ2n) is 7.62. The number of nitrogens with zero attached hydrogens (tertiary/aromatic N) is 1. The van der Waals surface area contributed by atoms with Gasteiger partial charge in [-0.05, 0) is 17.7 Å². The molecular formula is C27H21N3O2. The van der Waals surface area contributed by atoms with Gasteiger partial charge in [0.25, 0.3) is 11.8 Å². The molecule has 1 aliphatic rings. The van der Waals surface area contributed by atoms with Crippen molar-refractivity contribution >= 4 is 46.0 Å². The normalized spacial score (nSPS) is 13.9. The summed E-state index contributed by atoms with van der Waals surface area (Å²) in [6, 6.07) is 17.3. The summed E-state index contributed by atoms with van der Waals surface area (Å²) in [7, 11) is 0. The van der Waals surface area contributed by atoms with Crippen LogP contribution in [0.1, 0.15) is 27.9 Å². The topological polar surface area (TPSA) is 69.0 Å². The maximum absolute atomic E-state index is 13.7. The zero-order valence-corrected chi connectivity index (χ0v) is 17.4. The molecule has 2 aromatic carbocycles. The lowest BCUT2D eigenvalue weighted by molar-refractivity contribution is -0.136. The first-order valence-electron chi connectivity index (χ1n) is 10.3. The molecule has 1 aliphatic heterocycles. The predicted octanol–water partition coefficient (Wildman–Crippen LogP) is 5.26. The van der Waals surface area contributed by atoms with Gasteiger partial charge >= 0.3 is 0 Å². The van der Waals surface area contributed by atoms with E-state index in [0.717, 1.165) is 27.7 Å². The second-order valence-corrected chi connectivity index (χ2v) is 7.62. The SMILES string of the molecule is C=Cc1[nH]cc(C2=C(c3c[nH]c4ccccc34)C(=O)N(Cc3ccccc3)C2=O)c1C=C. The summed E-state index contributed by atoms with van der Waals surface area (Å²) in [4.78, 5) is 35.1. The van der Waals surface area contributed by atoms with Crippen LogP contribution in [0.3, 0.4) is 0 Å². The number of benzene rings is 2. The van der Waals surface area contributed by atoms with Crippen molar-refractivity contribution in [2.45, 2.75) is 6.54 Å². The maximum Gasteiger partial charge on any atom is 0.262 e. The summed E-state index contributed by atoms with van der Waals surface area (Å²) in [6.45, 7) is 7.94. The van der Waals surface area contributed by atoms with Crippen molar-refractivity contribution in [1.82, 2.24) is 14.9 Å². The molecule has 5 nitrogen and oxygen atoms in total. The lowest BCUT2D eigenvalue weighted by Crippen LogP contribution is -2.31. The van der Waals surface area contributed by atoms with Crippen LogP contribution in [-0.4, -0.2) is 26.7 Å². The van der Waals surface area contributed by atoms with Gasteiger partial charge in [-0.3, -0.25) is 14.5 Å². The zero-order valence-electron chi connectivity index (χ0n) is 17.4. The number of hydrogen-bond acceptors (Lipinski definition) is 2. The van der Waals surface area contributed by atoms with E-state index in [1.165, 1.54) is 4.90 Å². The number of aromatic nitrogens is 2. The molecule has 3 heterocycles. The van der Waals surface area contributed by atoms with Gasteiger partial charge in [0.1, 0.15) is 0 Å². The molecule has 5 rings (SSSR count). The number of hydrogen-bond donors (Lipinski definition) is 2. The third-order valence-electron chi connectivity index (χ3n) is 5.84. The highest BCUT2D eigenvalue weighted by Crippen LogP contribution is 2.40. The van der Waals surface area contributed by atoms with Crippen LogP contribution in [0.4, 0.5) is 0 Å². The Morgan fingerprint density at radius 3 is 2.16 bits per heavy atom. The average Bonchev–Trinajstić information content (AvgIpc) is 3.49. The molecule has 4 aromatic rings. The molecular weight excluding hydrogens is 398 g/mol. The molecule has 0 saturated heterocycles. The Labute approximate surface area is 185 Å². The Hall–Kier alpha value is -4.38. The van der Waals surface area contributed by atoms with E-state index >= 15 is 0 Å². The fourth-order valence-electron chi connectivity index (χ4n) is 4.31. The first-order chi connectivity index (χ1) is 15.6. The molecule has 2 amide bonds. The zero-order chi connectivity index (χ0) is 22.2. The van der Waals surface area contributed by atoms with Crippen molar-refractivity contribution in [2.75, 3.05) is 0 Å². The van der Waals surface area contributed by atoms with E-state index in [-0.39, 0.29) is 18.4 Å². The monoisotopic (exact) mass is 419 g/mol. The number of aromatic amines is 2. The van der Waals surface area contributed by atoms with Crippen molar-refractivity contribution in [3.8, 4) is 0 Å². The molecule has 0 atom stereocenters. The van der Waals surface area contributed by atoms with Crippen molar-refractivity contribution in [3.63, 3.8) is 0 Å². The number of nitrogens with one attached hydrogen (secondary N) is 2. The van der Waals surface area contributed by atoms with Crippen LogP contribution < -0.4 is 0 Å². The Balaban J connectivity index is 1.73. The summed E-state index contributed by atoms with van der Waals surface area (Å²) in [6.07, 6.45) is 6.90. The number of para-hydroxylation sites is 1. The lowest BCUT2D eigenvalue weighted by atomic mass is 9.94. The predicted molar refractivity (Wildman–Crippen MR) is 128 cm³/mol. The molecule has 0 radical (unpaired) electrons. The Kier molecular flexibility index (Phi) is 4.71.